The van der Waals surface area contributed by atoms with Gasteiger partial charge in [0.25, 0.3) is 5.91 Å². The van der Waals surface area contributed by atoms with Gasteiger partial charge >= 0.3 is 0 Å². The number of aromatic nitrogens is 3. The third-order valence-electron chi connectivity index (χ3n) is 3.87. The number of carbonyl (C=O) groups excluding carboxylic acids is 1. The van der Waals surface area contributed by atoms with Crippen LogP contribution in [0.1, 0.15) is 34.6 Å². The van der Waals surface area contributed by atoms with E-state index in [9.17, 15) is 9.90 Å². The number of nitrogens with zero attached hydrogens (tertiary/aromatic N) is 2. The average molecular weight is 340 g/mol. The molecule has 3 rings (SSSR count). The minimum absolute atomic E-state index is 0.0423. The van der Waals surface area contributed by atoms with Gasteiger partial charge in [-0.15, -0.1) is 0 Å². The molecule has 0 fully saturated rings. The van der Waals surface area contributed by atoms with Crippen LogP contribution in [0.5, 0.6) is 0 Å². The maximum atomic E-state index is 12.3. The van der Waals surface area contributed by atoms with E-state index in [2.05, 4.69) is 20.5 Å². The number of benzene rings is 1. The summed E-state index contributed by atoms with van der Waals surface area (Å²) in [5.74, 6) is 2.16. The minimum atomic E-state index is -1.28. The van der Waals surface area contributed by atoms with Gasteiger partial charge in [0.15, 0.2) is 5.82 Å². The highest BCUT2D eigenvalue weighted by molar-refractivity contribution is 5.94. The predicted molar refractivity (Wildman–Crippen MR) is 91.9 cm³/mol. The molecule has 2 heterocycles. The first-order valence-electron chi connectivity index (χ1n) is 7.92. The lowest BCUT2D eigenvalue weighted by Gasteiger charge is -2.21. The number of amides is 1. The Morgan fingerprint density at radius 2 is 1.96 bits per heavy atom. The van der Waals surface area contributed by atoms with Crippen molar-refractivity contribution in [2.24, 2.45) is 0 Å². The number of furan rings is 1. The first-order chi connectivity index (χ1) is 11.8. The second-order valence-electron chi connectivity index (χ2n) is 6.19. The standard InChI is InChI=1S/C18H20N4O3/c1-11-4-9-15(25-11)18(3,24)10-19-17(23)14-7-5-13(6-8-14)16-20-12(2)21-22-16/h4-9,24H,10H2,1-3H3,(H,19,23)(H,20,21,22). The van der Waals surface area contributed by atoms with Crippen LogP contribution in [0, 0.1) is 13.8 Å². The number of hydrogen-bond acceptors (Lipinski definition) is 5. The maximum absolute atomic E-state index is 12.3. The van der Waals surface area contributed by atoms with Crippen LogP contribution in [0.4, 0.5) is 0 Å². The number of rotatable bonds is 5. The van der Waals surface area contributed by atoms with Gasteiger partial charge in [0.2, 0.25) is 0 Å². The molecule has 25 heavy (non-hydrogen) atoms. The lowest BCUT2D eigenvalue weighted by molar-refractivity contribution is 0.0323. The van der Waals surface area contributed by atoms with E-state index in [4.69, 9.17) is 4.42 Å². The fourth-order valence-electron chi connectivity index (χ4n) is 2.41. The van der Waals surface area contributed by atoms with Crippen molar-refractivity contribution in [3.8, 4) is 11.4 Å². The molecule has 3 aromatic rings. The summed E-state index contributed by atoms with van der Waals surface area (Å²) in [4.78, 5) is 16.5. The zero-order valence-electron chi connectivity index (χ0n) is 14.3. The number of aromatic amines is 1. The van der Waals surface area contributed by atoms with E-state index in [1.54, 1.807) is 50.2 Å². The minimum Gasteiger partial charge on any atom is -0.463 e. The van der Waals surface area contributed by atoms with Crippen LogP contribution < -0.4 is 5.32 Å². The van der Waals surface area contributed by atoms with Crippen molar-refractivity contribution >= 4 is 5.91 Å². The molecule has 1 amide bonds. The van der Waals surface area contributed by atoms with Gasteiger partial charge in [0.05, 0.1) is 6.54 Å². The Kier molecular flexibility index (Phi) is 4.41. The predicted octanol–water partition coefficient (Wildman–Crippen LogP) is 2.32. The molecule has 1 atom stereocenters. The monoisotopic (exact) mass is 340 g/mol. The molecule has 0 spiro atoms. The summed E-state index contributed by atoms with van der Waals surface area (Å²) in [7, 11) is 0. The molecule has 7 heteroatoms. The summed E-state index contributed by atoms with van der Waals surface area (Å²) in [6.07, 6.45) is 0. The topological polar surface area (TPSA) is 104 Å². The zero-order valence-corrected chi connectivity index (χ0v) is 14.3. The lowest BCUT2D eigenvalue weighted by atomic mass is 10.0. The quantitative estimate of drug-likeness (QED) is 0.661. The molecular weight excluding hydrogens is 320 g/mol. The van der Waals surface area contributed by atoms with E-state index < -0.39 is 5.60 Å². The van der Waals surface area contributed by atoms with Crippen LogP contribution in [0.3, 0.4) is 0 Å². The van der Waals surface area contributed by atoms with Crippen molar-refractivity contribution in [3.05, 3.63) is 59.3 Å². The molecule has 0 saturated carbocycles. The molecular formula is C18H20N4O3. The van der Waals surface area contributed by atoms with E-state index >= 15 is 0 Å². The van der Waals surface area contributed by atoms with Crippen LogP contribution >= 0.6 is 0 Å². The highest BCUT2D eigenvalue weighted by Crippen LogP contribution is 2.22. The fourth-order valence-corrected chi connectivity index (χ4v) is 2.41. The van der Waals surface area contributed by atoms with E-state index in [1.165, 1.54) is 0 Å². The molecule has 3 N–H and O–H groups in total. The van der Waals surface area contributed by atoms with E-state index in [0.29, 0.717) is 22.9 Å². The number of aliphatic hydroxyl groups is 1. The van der Waals surface area contributed by atoms with Crippen LogP contribution in [-0.2, 0) is 5.60 Å². The Morgan fingerprint density at radius 1 is 1.24 bits per heavy atom. The van der Waals surface area contributed by atoms with Crippen molar-refractivity contribution in [1.82, 2.24) is 20.5 Å². The molecule has 0 saturated heterocycles. The molecule has 2 aromatic heterocycles. The van der Waals surface area contributed by atoms with E-state index in [0.717, 1.165) is 11.4 Å². The number of hydrogen-bond donors (Lipinski definition) is 3. The normalized spacial score (nSPS) is 13.4. The molecule has 0 bridgehead atoms. The Hall–Kier alpha value is -2.93. The molecule has 0 aliphatic carbocycles. The largest absolute Gasteiger partial charge is 0.463 e. The van der Waals surface area contributed by atoms with Gasteiger partial charge in [0, 0.05) is 11.1 Å². The molecule has 0 aliphatic heterocycles. The van der Waals surface area contributed by atoms with E-state index in [-0.39, 0.29) is 12.5 Å². The fraction of sp³-hybridized carbons (Fsp3) is 0.278. The Balaban J connectivity index is 1.65. The second kappa shape index (κ2) is 6.52. The Morgan fingerprint density at radius 3 is 2.52 bits per heavy atom. The summed E-state index contributed by atoms with van der Waals surface area (Å²) in [5, 5.41) is 20.1. The van der Waals surface area contributed by atoms with Crippen molar-refractivity contribution in [1.29, 1.82) is 0 Å². The van der Waals surface area contributed by atoms with E-state index in [1.807, 2.05) is 6.92 Å². The first kappa shape index (κ1) is 16.9. The van der Waals surface area contributed by atoms with Crippen LogP contribution in [0.2, 0.25) is 0 Å². The van der Waals surface area contributed by atoms with Crippen molar-refractivity contribution in [3.63, 3.8) is 0 Å². The molecule has 1 unspecified atom stereocenters. The van der Waals surface area contributed by atoms with Gasteiger partial charge in [-0.25, -0.2) is 4.98 Å². The third-order valence-corrected chi connectivity index (χ3v) is 3.87. The second-order valence-corrected chi connectivity index (χ2v) is 6.19. The summed E-state index contributed by atoms with van der Waals surface area (Å²) < 4.78 is 5.43. The molecule has 130 valence electrons. The number of carbonyl (C=O) groups is 1. The van der Waals surface area contributed by atoms with Gasteiger partial charge < -0.3 is 14.8 Å². The van der Waals surface area contributed by atoms with Crippen molar-refractivity contribution in [2.75, 3.05) is 6.54 Å². The Labute approximate surface area is 145 Å². The number of H-pyrrole nitrogens is 1. The lowest BCUT2D eigenvalue weighted by Crippen LogP contribution is -2.38. The molecule has 7 nitrogen and oxygen atoms in total. The average Bonchev–Trinajstić information content (AvgIpc) is 3.22. The van der Waals surface area contributed by atoms with Gasteiger partial charge in [-0.3, -0.25) is 9.89 Å². The third kappa shape index (κ3) is 3.77. The summed E-state index contributed by atoms with van der Waals surface area (Å²) in [6, 6.07) is 10.4. The Bertz CT molecular complexity index is 878. The summed E-state index contributed by atoms with van der Waals surface area (Å²) in [5.41, 5.74) is 0.0294. The van der Waals surface area contributed by atoms with Crippen molar-refractivity contribution in [2.45, 2.75) is 26.4 Å². The van der Waals surface area contributed by atoms with Crippen LogP contribution in [0.25, 0.3) is 11.4 Å². The van der Waals surface area contributed by atoms with Gasteiger partial charge in [-0.05, 0) is 45.0 Å². The van der Waals surface area contributed by atoms with Crippen LogP contribution in [-0.4, -0.2) is 32.7 Å². The van der Waals surface area contributed by atoms with Crippen molar-refractivity contribution < 1.29 is 14.3 Å². The summed E-state index contributed by atoms with van der Waals surface area (Å²) in [6.45, 7) is 5.26. The SMILES string of the molecule is Cc1nc(-c2ccc(C(=O)NCC(C)(O)c3ccc(C)o3)cc2)n[nH]1. The molecule has 0 radical (unpaired) electrons. The van der Waals surface area contributed by atoms with Crippen LogP contribution in [0.15, 0.2) is 40.8 Å². The zero-order chi connectivity index (χ0) is 18.0. The number of nitrogens with one attached hydrogen (secondary N) is 2. The molecule has 1 aromatic carbocycles. The first-order valence-corrected chi connectivity index (χ1v) is 7.92. The maximum Gasteiger partial charge on any atom is 0.251 e. The van der Waals surface area contributed by atoms with Gasteiger partial charge in [-0.2, -0.15) is 5.10 Å². The highest BCUT2D eigenvalue weighted by atomic mass is 16.4. The highest BCUT2D eigenvalue weighted by Gasteiger charge is 2.27. The van der Waals surface area contributed by atoms with Gasteiger partial charge in [0.1, 0.15) is 22.9 Å². The number of aryl methyl sites for hydroxylation is 2. The smallest absolute Gasteiger partial charge is 0.251 e. The molecule has 0 aliphatic rings. The van der Waals surface area contributed by atoms with Gasteiger partial charge in [-0.1, -0.05) is 12.1 Å². The summed E-state index contributed by atoms with van der Waals surface area (Å²) >= 11 is 0.